The number of hydrogen-bond donors (Lipinski definition) is 0. The molecule has 12 rings (SSSR count). The molecule has 0 atom stereocenters. The first-order chi connectivity index (χ1) is 31.8. The second-order valence-corrected chi connectivity index (χ2v) is 19.9. The number of hydrogen-bond acceptors (Lipinski definition) is 1. The summed E-state index contributed by atoms with van der Waals surface area (Å²) < 4.78 is 0. The highest BCUT2D eigenvalue weighted by molar-refractivity contribution is 6.01. The molecular formula is C64H55N. The molecule has 316 valence electrons. The predicted molar refractivity (Wildman–Crippen MR) is 276 cm³/mol. The summed E-state index contributed by atoms with van der Waals surface area (Å²) in [5.41, 5.74) is 23.3. The number of fused-ring (bicyclic) bond motifs is 7. The highest BCUT2D eigenvalue weighted by Gasteiger charge is 2.40. The first-order valence-corrected chi connectivity index (χ1v) is 23.9. The predicted octanol–water partition coefficient (Wildman–Crippen LogP) is 18.0. The van der Waals surface area contributed by atoms with Crippen molar-refractivity contribution in [3.05, 3.63) is 222 Å². The van der Waals surface area contributed by atoms with Crippen LogP contribution in [0.2, 0.25) is 0 Å². The fourth-order valence-electron chi connectivity index (χ4n) is 12.0. The number of anilines is 3. The minimum absolute atomic E-state index is 0.0537. The molecule has 3 aliphatic carbocycles. The summed E-state index contributed by atoms with van der Waals surface area (Å²) in [7, 11) is 0. The van der Waals surface area contributed by atoms with Gasteiger partial charge in [0.15, 0.2) is 0 Å². The van der Waals surface area contributed by atoms with Gasteiger partial charge in [0.05, 0.1) is 0 Å². The summed E-state index contributed by atoms with van der Waals surface area (Å²) in [4.78, 5) is 2.48. The lowest BCUT2D eigenvalue weighted by molar-refractivity contribution is 0.443. The maximum absolute atomic E-state index is 2.49. The number of benzene rings is 9. The second kappa shape index (κ2) is 15.3. The van der Waals surface area contributed by atoms with Crippen molar-refractivity contribution in [1.29, 1.82) is 0 Å². The van der Waals surface area contributed by atoms with E-state index >= 15 is 0 Å². The topological polar surface area (TPSA) is 3.24 Å². The van der Waals surface area contributed by atoms with Crippen LogP contribution < -0.4 is 4.90 Å². The van der Waals surface area contributed by atoms with Gasteiger partial charge in [-0.15, -0.1) is 0 Å². The summed E-state index contributed by atoms with van der Waals surface area (Å²) in [5, 5.41) is 2.51. The van der Waals surface area contributed by atoms with Crippen molar-refractivity contribution in [2.45, 2.75) is 76.5 Å². The van der Waals surface area contributed by atoms with Crippen LogP contribution in [0.15, 0.2) is 194 Å². The summed E-state index contributed by atoms with van der Waals surface area (Å²) in [6.45, 7) is 9.60. The zero-order valence-electron chi connectivity index (χ0n) is 38.0. The van der Waals surface area contributed by atoms with Crippen LogP contribution in [0.5, 0.6) is 0 Å². The van der Waals surface area contributed by atoms with Crippen LogP contribution in [-0.4, -0.2) is 0 Å². The van der Waals surface area contributed by atoms with Crippen molar-refractivity contribution in [3.63, 3.8) is 0 Å². The third kappa shape index (κ3) is 6.42. The van der Waals surface area contributed by atoms with Gasteiger partial charge in [-0.1, -0.05) is 193 Å². The fraction of sp³-hybridized carbons (Fsp3) is 0.188. The van der Waals surface area contributed by atoms with E-state index < -0.39 is 0 Å². The van der Waals surface area contributed by atoms with Crippen molar-refractivity contribution in [1.82, 2.24) is 0 Å². The lowest BCUT2D eigenvalue weighted by Crippen LogP contribution is -2.16. The van der Waals surface area contributed by atoms with Crippen molar-refractivity contribution < 1.29 is 0 Å². The van der Waals surface area contributed by atoms with Gasteiger partial charge in [-0.05, 0) is 162 Å². The Morgan fingerprint density at radius 1 is 0.354 bits per heavy atom. The van der Waals surface area contributed by atoms with Gasteiger partial charge in [-0.25, -0.2) is 0 Å². The van der Waals surface area contributed by atoms with Gasteiger partial charge >= 0.3 is 0 Å². The normalized spacial score (nSPS) is 15.6. The summed E-state index contributed by atoms with van der Waals surface area (Å²) >= 11 is 0. The van der Waals surface area contributed by atoms with E-state index in [4.69, 9.17) is 0 Å². The zero-order valence-corrected chi connectivity index (χ0v) is 38.0. The third-order valence-corrected chi connectivity index (χ3v) is 15.5. The molecule has 0 aromatic heterocycles. The molecule has 3 aliphatic rings. The molecule has 0 saturated heterocycles. The van der Waals surface area contributed by atoms with E-state index in [9.17, 15) is 0 Å². The van der Waals surface area contributed by atoms with Gasteiger partial charge in [-0.3, -0.25) is 0 Å². The fourth-order valence-corrected chi connectivity index (χ4v) is 12.0. The van der Waals surface area contributed by atoms with Gasteiger partial charge in [0.2, 0.25) is 0 Å². The molecule has 0 bridgehead atoms. The standard InChI is InChI=1S/C64H55N/c1-63(2)57-26-14-13-23-53(57)61-51(24-15-27-58(61)63)52-25-16-28-59-62(52)54-38-37-50(41-60(54)64(59,3)4)65(48-33-29-43(30-34-48)42-17-7-5-8-18-42)49-35-31-45(32-36-49)56-40-47-22-12-11-21-46(47)39-55(56)44-19-9-6-10-20-44/h6,9-16,19-42H,5,7-8,17-18H2,1-4H3. The van der Waals surface area contributed by atoms with E-state index in [0.29, 0.717) is 5.92 Å². The highest BCUT2D eigenvalue weighted by atomic mass is 15.1. The van der Waals surface area contributed by atoms with Crippen molar-refractivity contribution >= 4 is 27.8 Å². The molecule has 1 heteroatoms. The van der Waals surface area contributed by atoms with Gasteiger partial charge in [0, 0.05) is 27.9 Å². The maximum atomic E-state index is 2.49. The van der Waals surface area contributed by atoms with Crippen LogP contribution in [-0.2, 0) is 10.8 Å². The quantitative estimate of drug-likeness (QED) is 0.155. The van der Waals surface area contributed by atoms with E-state index in [0.717, 1.165) is 5.69 Å². The molecule has 0 amide bonds. The Kier molecular flexibility index (Phi) is 9.35. The molecule has 0 unspecified atom stereocenters. The molecule has 9 aromatic rings. The third-order valence-electron chi connectivity index (χ3n) is 15.5. The van der Waals surface area contributed by atoms with Gasteiger partial charge in [0.25, 0.3) is 0 Å². The summed E-state index contributed by atoms with van der Waals surface area (Å²) in [6.07, 6.45) is 6.62. The molecule has 1 saturated carbocycles. The van der Waals surface area contributed by atoms with Crippen LogP contribution >= 0.6 is 0 Å². The Bertz CT molecular complexity index is 3270. The Morgan fingerprint density at radius 2 is 0.831 bits per heavy atom. The molecule has 0 radical (unpaired) electrons. The molecule has 0 N–H and O–H groups in total. The minimum atomic E-state index is -0.198. The maximum Gasteiger partial charge on any atom is 0.0465 e. The average Bonchev–Trinajstić information content (AvgIpc) is 3.74. The smallest absolute Gasteiger partial charge is 0.0465 e. The molecule has 0 spiro atoms. The molecule has 1 fully saturated rings. The van der Waals surface area contributed by atoms with E-state index in [1.54, 1.807) is 0 Å². The van der Waals surface area contributed by atoms with Crippen LogP contribution in [0.25, 0.3) is 66.4 Å². The minimum Gasteiger partial charge on any atom is -0.310 e. The Morgan fingerprint density at radius 3 is 1.46 bits per heavy atom. The molecule has 65 heavy (non-hydrogen) atoms. The van der Waals surface area contributed by atoms with E-state index in [2.05, 4.69) is 227 Å². The number of rotatable bonds is 7. The van der Waals surface area contributed by atoms with Gasteiger partial charge in [-0.2, -0.15) is 0 Å². The molecule has 9 aromatic carbocycles. The largest absolute Gasteiger partial charge is 0.310 e. The SMILES string of the molecule is CC1(C)c2ccccc2-c2c(-c3cccc4c3-c3ccc(N(c5ccc(-c6cc7ccccc7cc6-c6ccccc6)cc5)c5ccc(C6CCCCC6)cc5)cc3C4(C)C)cccc21. The van der Waals surface area contributed by atoms with Crippen molar-refractivity contribution in [2.24, 2.45) is 0 Å². The van der Waals surface area contributed by atoms with Crippen LogP contribution in [0.4, 0.5) is 17.1 Å². The molecular weight excluding hydrogens is 783 g/mol. The highest BCUT2D eigenvalue weighted by Crippen LogP contribution is 2.57. The molecule has 1 nitrogen and oxygen atoms in total. The Balaban J connectivity index is 0.987. The first-order valence-electron chi connectivity index (χ1n) is 23.9. The molecule has 0 aliphatic heterocycles. The van der Waals surface area contributed by atoms with Gasteiger partial charge < -0.3 is 4.90 Å². The average molecular weight is 838 g/mol. The zero-order chi connectivity index (χ0) is 43.9. The summed E-state index contributed by atoms with van der Waals surface area (Å²) in [5.74, 6) is 0.658. The number of nitrogens with zero attached hydrogens (tertiary/aromatic N) is 1. The first kappa shape index (κ1) is 39.6. The lowest BCUT2D eigenvalue weighted by Gasteiger charge is -2.29. The van der Waals surface area contributed by atoms with Crippen LogP contribution in [0.3, 0.4) is 0 Å². The van der Waals surface area contributed by atoms with E-state index in [-0.39, 0.29) is 10.8 Å². The second-order valence-electron chi connectivity index (χ2n) is 19.9. The summed E-state index contributed by atoms with van der Waals surface area (Å²) in [6, 6.07) is 73.4. The van der Waals surface area contributed by atoms with Crippen LogP contribution in [0, 0.1) is 0 Å². The van der Waals surface area contributed by atoms with Crippen LogP contribution in [0.1, 0.15) is 93.5 Å². The van der Waals surface area contributed by atoms with E-state index in [1.807, 2.05) is 0 Å². The monoisotopic (exact) mass is 837 g/mol. The van der Waals surface area contributed by atoms with E-state index in [1.165, 1.54) is 138 Å². The Hall–Kier alpha value is -6.96. The lowest BCUT2D eigenvalue weighted by atomic mass is 9.80. The van der Waals surface area contributed by atoms with Crippen molar-refractivity contribution in [3.8, 4) is 55.6 Å². The van der Waals surface area contributed by atoms with Gasteiger partial charge in [0.1, 0.15) is 0 Å². The Labute approximate surface area is 385 Å². The molecule has 0 heterocycles. The van der Waals surface area contributed by atoms with Crippen molar-refractivity contribution in [2.75, 3.05) is 4.90 Å².